The standard InChI is InChI=1S/C21H26N2O4/c1-26-12-3-10-22-9-2-7-21(20(22)25)8-11-23(15-21)19(24)17-4-5-18-16(14-17)6-13-27-18/h4-6,13-14H,2-3,7-12,15H2,1H3/t21-/m0/s1. The van der Waals surface area contributed by atoms with Crippen LogP contribution in [0.15, 0.2) is 34.9 Å². The highest BCUT2D eigenvalue weighted by Gasteiger charge is 2.49. The minimum absolute atomic E-state index is 0.000665. The Kier molecular flexibility index (Phi) is 4.91. The zero-order chi connectivity index (χ0) is 18.9. The van der Waals surface area contributed by atoms with Gasteiger partial charge in [-0.15, -0.1) is 0 Å². The molecule has 27 heavy (non-hydrogen) atoms. The first-order valence-electron chi connectivity index (χ1n) is 9.68. The van der Waals surface area contributed by atoms with Crippen molar-refractivity contribution in [2.24, 2.45) is 5.41 Å². The third-order valence-electron chi connectivity index (χ3n) is 5.94. The van der Waals surface area contributed by atoms with Crippen molar-refractivity contribution in [2.45, 2.75) is 25.7 Å². The number of rotatable bonds is 5. The molecule has 4 rings (SSSR count). The molecule has 2 aliphatic heterocycles. The minimum Gasteiger partial charge on any atom is -0.464 e. The van der Waals surface area contributed by atoms with Gasteiger partial charge in [0.2, 0.25) is 5.91 Å². The first kappa shape index (κ1) is 18.0. The summed E-state index contributed by atoms with van der Waals surface area (Å²) in [6.07, 6.45) is 5.11. The van der Waals surface area contributed by atoms with Gasteiger partial charge in [-0.05, 0) is 49.9 Å². The van der Waals surface area contributed by atoms with Gasteiger partial charge in [0, 0.05) is 50.8 Å². The third-order valence-corrected chi connectivity index (χ3v) is 5.94. The molecule has 0 aliphatic carbocycles. The van der Waals surface area contributed by atoms with Gasteiger partial charge in [0.15, 0.2) is 0 Å². The number of hydrogen-bond donors (Lipinski definition) is 0. The van der Waals surface area contributed by atoms with E-state index in [1.807, 2.05) is 28.0 Å². The molecule has 0 saturated carbocycles. The van der Waals surface area contributed by atoms with Crippen molar-refractivity contribution >= 4 is 22.8 Å². The van der Waals surface area contributed by atoms with E-state index in [0.717, 1.165) is 49.7 Å². The molecule has 0 bridgehead atoms. The van der Waals surface area contributed by atoms with Gasteiger partial charge in [-0.25, -0.2) is 0 Å². The van der Waals surface area contributed by atoms with Crippen LogP contribution in [0.4, 0.5) is 0 Å². The number of carbonyl (C=O) groups excluding carboxylic acids is 2. The van der Waals surface area contributed by atoms with Crippen molar-refractivity contribution < 1.29 is 18.7 Å². The number of furan rings is 1. The summed E-state index contributed by atoms with van der Waals surface area (Å²) in [7, 11) is 1.68. The zero-order valence-corrected chi connectivity index (χ0v) is 15.8. The van der Waals surface area contributed by atoms with Crippen LogP contribution in [0.5, 0.6) is 0 Å². The first-order chi connectivity index (χ1) is 13.1. The third kappa shape index (κ3) is 3.34. The molecule has 1 aromatic carbocycles. The fourth-order valence-electron chi connectivity index (χ4n) is 4.47. The van der Waals surface area contributed by atoms with Gasteiger partial charge in [0.05, 0.1) is 11.7 Å². The average molecular weight is 370 g/mol. The second-order valence-electron chi connectivity index (χ2n) is 7.67. The Morgan fingerprint density at radius 2 is 2.15 bits per heavy atom. The number of nitrogens with zero attached hydrogens (tertiary/aromatic N) is 2. The molecule has 6 heteroatoms. The molecule has 1 atom stereocenters. The maximum atomic E-state index is 13.1. The number of hydrogen-bond acceptors (Lipinski definition) is 4. The van der Waals surface area contributed by atoms with Crippen molar-refractivity contribution in [1.29, 1.82) is 0 Å². The van der Waals surface area contributed by atoms with E-state index in [9.17, 15) is 9.59 Å². The van der Waals surface area contributed by atoms with E-state index in [1.54, 1.807) is 19.4 Å². The largest absolute Gasteiger partial charge is 0.464 e. The van der Waals surface area contributed by atoms with Crippen LogP contribution in [-0.4, -0.2) is 61.5 Å². The summed E-state index contributed by atoms with van der Waals surface area (Å²) < 4.78 is 10.5. The monoisotopic (exact) mass is 370 g/mol. The lowest BCUT2D eigenvalue weighted by atomic mass is 9.78. The Labute approximate surface area is 159 Å². The smallest absolute Gasteiger partial charge is 0.253 e. The maximum absolute atomic E-state index is 13.1. The quantitative estimate of drug-likeness (QED) is 0.759. The van der Waals surface area contributed by atoms with Gasteiger partial charge >= 0.3 is 0 Å². The Morgan fingerprint density at radius 1 is 1.26 bits per heavy atom. The van der Waals surface area contributed by atoms with Crippen molar-refractivity contribution in [3.8, 4) is 0 Å². The van der Waals surface area contributed by atoms with Crippen LogP contribution in [-0.2, 0) is 9.53 Å². The van der Waals surface area contributed by atoms with E-state index in [2.05, 4.69) is 0 Å². The molecule has 1 aromatic heterocycles. The topological polar surface area (TPSA) is 63.0 Å². The van der Waals surface area contributed by atoms with Crippen LogP contribution < -0.4 is 0 Å². The highest BCUT2D eigenvalue weighted by atomic mass is 16.5. The molecule has 2 saturated heterocycles. The summed E-state index contributed by atoms with van der Waals surface area (Å²) in [5, 5.41) is 0.924. The summed E-state index contributed by atoms with van der Waals surface area (Å²) in [6, 6.07) is 7.36. The number of amides is 2. The highest BCUT2D eigenvalue weighted by Crippen LogP contribution is 2.40. The second kappa shape index (κ2) is 7.35. The molecule has 6 nitrogen and oxygen atoms in total. The lowest BCUT2D eigenvalue weighted by molar-refractivity contribution is -0.145. The van der Waals surface area contributed by atoms with Gasteiger partial charge in [-0.3, -0.25) is 9.59 Å². The molecule has 0 radical (unpaired) electrons. The fourth-order valence-corrected chi connectivity index (χ4v) is 4.47. The van der Waals surface area contributed by atoms with E-state index in [-0.39, 0.29) is 11.8 Å². The molecule has 0 N–H and O–H groups in total. The van der Waals surface area contributed by atoms with Crippen molar-refractivity contribution in [3.63, 3.8) is 0 Å². The molecular formula is C21H26N2O4. The lowest BCUT2D eigenvalue weighted by Gasteiger charge is -2.39. The summed E-state index contributed by atoms with van der Waals surface area (Å²) in [5.41, 5.74) is 1.03. The summed E-state index contributed by atoms with van der Waals surface area (Å²) in [6.45, 7) is 3.38. The Balaban J connectivity index is 1.46. The molecule has 144 valence electrons. The molecular weight excluding hydrogens is 344 g/mol. The number of fused-ring (bicyclic) bond motifs is 1. The lowest BCUT2D eigenvalue weighted by Crippen LogP contribution is -2.50. The number of carbonyl (C=O) groups is 2. The van der Waals surface area contributed by atoms with Crippen molar-refractivity contribution in [3.05, 3.63) is 36.1 Å². The van der Waals surface area contributed by atoms with E-state index >= 15 is 0 Å². The summed E-state index contributed by atoms with van der Waals surface area (Å²) in [5.74, 6) is 0.213. The van der Waals surface area contributed by atoms with Crippen LogP contribution in [0.2, 0.25) is 0 Å². The Morgan fingerprint density at radius 3 is 3.00 bits per heavy atom. The van der Waals surface area contributed by atoms with Gasteiger partial charge in [0.25, 0.3) is 5.91 Å². The maximum Gasteiger partial charge on any atom is 0.253 e. The number of ether oxygens (including phenoxy) is 1. The summed E-state index contributed by atoms with van der Waals surface area (Å²) >= 11 is 0. The van der Waals surface area contributed by atoms with Crippen LogP contribution in [0.25, 0.3) is 11.0 Å². The normalized spacial score (nSPS) is 22.9. The van der Waals surface area contributed by atoms with Gasteiger partial charge in [-0.2, -0.15) is 0 Å². The number of likely N-dealkylation sites (tertiary alicyclic amines) is 2. The van der Waals surface area contributed by atoms with Crippen molar-refractivity contribution in [1.82, 2.24) is 9.80 Å². The Bertz CT molecular complexity index is 846. The molecule has 2 aromatic rings. The zero-order valence-electron chi connectivity index (χ0n) is 15.8. The molecule has 2 aliphatic rings. The molecule has 2 amide bonds. The second-order valence-corrected chi connectivity index (χ2v) is 7.67. The number of methoxy groups -OCH3 is 1. The van der Waals surface area contributed by atoms with E-state index in [0.29, 0.717) is 25.3 Å². The predicted octanol–water partition coefficient (Wildman–Crippen LogP) is 2.92. The van der Waals surface area contributed by atoms with Gasteiger partial charge < -0.3 is 19.0 Å². The van der Waals surface area contributed by atoms with Gasteiger partial charge in [0.1, 0.15) is 5.58 Å². The first-order valence-corrected chi connectivity index (χ1v) is 9.68. The van der Waals surface area contributed by atoms with Crippen LogP contribution in [0, 0.1) is 5.41 Å². The fraction of sp³-hybridized carbons (Fsp3) is 0.524. The SMILES string of the molecule is COCCCN1CCC[C@@]2(CCN(C(=O)c3ccc4occc4c3)C2)C1=O. The van der Waals surface area contributed by atoms with Gasteiger partial charge in [-0.1, -0.05) is 0 Å². The van der Waals surface area contributed by atoms with E-state index in [1.165, 1.54) is 0 Å². The van der Waals surface area contributed by atoms with Crippen LogP contribution >= 0.6 is 0 Å². The number of benzene rings is 1. The molecule has 0 unspecified atom stereocenters. The average Bonchev–Trinajstić information content (AvgIpc) is 3.32. The van der Waals surface area contributed by atoms with E-state index < -0.39 is 5.41 Å². The minimum atomic E-state index is -0.402. The predicted molar refractivity (Wildman–Crippen MR) is 101 cm³/mol. The summed E-state index contributed by atoms with van der Waals surface area (Å²) in [4.78, 5) is 29.9. The van der Waals surface area contributed by atoms with E-state index in [4.69, 9.17) is 9.15 Å². The van der Waals surface area contributed by atoms with Crippen LogP contribution in [0.3, 0.4) is 0 Å². The van der Waals surface area contributed by atoms with Crippen LogP contribution in [0.1, 0.15) is 36.0 Å². The number of piperidine rings is 1. The highest BCUT2D eigenvalue weighted by molar-refractivity contribution is 5.98. The van der Waals surface area contributed by atoms with Crippen molar-refractivity contribution in [2.75, 3.05) is 39.9 Å². The molecule has 1 spiro atoms. The molecule has 3 heterocycles. The Hall–Kier alpha value is -2.34. The molecule has 2 fully saturated rings.